The maximum atomic E-state index is 12.6. The van der Waals surface area contributed by atoms with Crippen molar-refractivity contribution in [2.24, 2.45) is 0 Å². The van der Waals surface area contributed by atoms with Crippen molar-refractivity contribution < 1.29 is 14.3 Å². The molecule has 0 unspecified atom stereocenters. The summed E-state index contributed by atoms with van der Waals surface area (Å²) in [7, 11) is 3.38. The molecule has 2 atom stereocenters. The molecule has 6 nitrogen and oxygen atoms in total. The van der Waals surface area contributed by atoms with E-state index in [1.165, 1.54) is 0 Å². The van der Waals surface area contributed by atoms with Gasteiger partial charge in [-0.3, -0.25) is 4.79 Å². The van der Waals surface area contributed by atoms with Gasteiger partial charge < -0.3 is 19.9 Å². The molecule has 2 aliphatic heterocycles. The molecule has 2 aliphatic rings. The Bertz CT molecular complexity index is 637. The van der Waals surface area contributed by atoms with Crippen LogP contribution in [0.5, 0.6) is 5.75 Å². The number of ether oxygens (including phenoxy) is 1. The fourth-order valence-corrected chi connectivity index (χ4v) is 3.54. The van der Waals surface area contributed by atoms with E-state index >= 15 is 0 Å². The maximum absolute atomic E-state index is 12.6. The first kappa shape index (κ1) is 15.9. The first-order valence-electron chi connectivity index (χ1n) is 7.63. The van der Waals surface area contributed by atoms with Crippen molar-refractivity contribution in [3.05, 3.63) is 28.8 Å². The Hall–Kier alpha value is -1.95. The Labute approximate surface area is 140 Å². The molecule has 3 rings (SSSR count). The van der Waals surface area contributed by atoms with Gasteiger partial charge in [-0.05, 0) is 24.6 Å². The lowest BCUT2D eigenvalue weighted by Gasteiger charge is -2.35. The number of piperidine rings is 1. The van der Waals surface area contributed by atoms with E-state index in [4.69, 9.17) is 16.3 Å². The summed E-state index contributed by atoms with van der Waals surface area (Å²) in [5.41, 5.74) is 0.777. The second-order valence-corrected chi connectivity index (χ2v) is 6.43. The molecule has 0 aromatic heterocycles. The average Bonchev–Trinajstić information content (AvgIpc) is 2.82. The molecule has 1 N–H and O–H groups in total. The minimum absolute atomic E-state index is 0.00598. The van der Waals surface area contributed by atoms with Crippen LogP contribution in [0.1, 0.15) is 12.0 Å². The van der Waals surface area contributed by atoms with Gasteiger partial charge in [0.1, 0.15) is 5.75 Å². The van der Waals surface area contributed by atoms with Crippen LogP contribution in [-0.4, -0.2) is 61.1 Å². The van der Waals surface area contributed by atoms with Gasteiger partial charge in [-0.2, -0.15) is 0 Å². The van der Waals surface area contributed by atoms with Gasteiger partial charge in [-0.15, -0.1) is 0 Å². The molecule has 1 aromatic rings. The van der Waals surface area contributed by atoms with Gasteiger partial charge in [-0.25, -0.2) is 4.79 Å². The Morgan fingerprint density at radius 2 is 2.26 bits per heavy atom. The second-order valence-electron chi connectivity index (χ2n) is 6.00. The zero-order valence-corrected chi connectivity index (χ0v) is 14.0. The highest BCUT2D eigenvalue weighted by molar-refractivity contribution is 6.30. The van der Waals surface area contributed by atoms with Gasteiger partial charge >= 0.3 is 6.03 Å². The molecular weight excluding hydrogens is 318 g/mol. The molecule has 1 aromatic carbocycles. The maximum Gasteiger partial charge on any atom is 0.317 e. The van der Waals surface area contributed by atoms with Crippen LogP contribution in [0.4, 0.5) is 4.79 Å². The van der Waals surface area contributed by atoms with E-state index in [1.807, 2.05) is 0 Å². The standard InChI is InChI=1S/C16H20ClN3O3/c1-19-13-5-6-20(9-12(13)18-16(19)22)15(21)8-10-7-11(17)3-4-14(10)23-2/h3-4,7,12-13H,5-6,8-9H2,1-2H3,(H,18,22)/t12-,13+/m1/s1. The van der Waals surface area contributed by atoms with Gasteiger partial charge in [0.05, 0.1) is 25.6 Å². The summed E-state index contributed by atoms with van der Waals surface area (Å²) in [6.07, 6.45) is 1.03. The second kappa shape index (κ2) is 6.28. The molecule has 0 aliphatic carbocycles. The summed E-state index contributed by atoms with van der Waals surface area (Å²) in [6, 6.07) is 5.38. The van der Waals surface area contributed by atoms with Crippen LogP contribution in [0.2, 0.25) is 5.02 Å². The predicted molar refractivity (Wildman–Crippen MR) is 86.8 cm³/mol. The Morgan fingerprint density at radius 1 is 1.48 bits per heavy atom. The molecular formula is C16H20ClN3O3. The largest absolute Gasteiger partial charge is 0.496 e. The van der Waals surface area contributed by atoms with E-state index in [-0.39, 0.29) is 30.4 Å². The average molecular weight is 338 g/mol. The van der Waals surface area contributed by atoms with Crippen molar-refractivity contribution in [2.75, 3.05) is 27.2 Å². The molecule has 0 bridgehead atoms. The lowest BCUT2D eigenvalue weighted by atomic mass is 9.99. The number of rotatable bonds is 3. The van der Waals surface area contributed by atoms with Crippen LogP contribution in [0.3, 0.4) is 0 Å². The van der Waals surface area contributed by atoms with E-state index in [0.717, 1.165) is 12.0 Å². The minimum Gasteiger partial charge on any atom is -0.496 e. The van der Waals surface area contributed by atoms with Crippen molar-refractivity contribution in [1.29, 1.82) is 0 Å². The molecule has 0 spiro atoms. The van der Waals surface area contributed by atoms with Gasteiger partial charge in [0, 0.05) is 30.7 Å². The highest BCUT2D eigenvalue weighted by Crippen LogP contribution is 2.25. The van der Waals surface area contributed by atoms with Gasteiger partial charge in [0.2, 0.25) is 5.91 Å². The van der Waals surface area contributed by atoms with Crippen LogP contribution < -0.4 is 10.1 Å². The van der Waals surface area contributed by atoms with Crippen molar-refractivity contribution in [2.45, 2.75) is 24.9 Å². The molecule has 0 saturated carbocycles. The van der Waals surface area contributed by atoms with Crippen molar-refractivity contribution in [3.63, 3.8) is 0 Å². The van der Waals surface area contributed by atoms with Crippen LogP contribution in [0, 0.1) is 0 Å². The number of likely N-dealkylation sites (N-methyl/N-ethyl adjacent to an activating group) is 1. The lowest BCUT2D eigenvalue weighted by molar-refractivity contribution is -0.132. The van der Waals surface area contributed by atoms with Crippen LogP contribution in [0.15, 0.2) is 18.2 Å². The lowest BCUT2D eigenvalue weighted by Crippen LogP contribution is -2.52. The monoisotopic (exact) mass is 337 g/mol. The number of nitrogens with one attached hydrogen (secondary N) is 1. The Kier molecular flexibility index (Phi) is 4.35. The zero-order chi connectivity index (χ0) is 16.6. The number of benzene rings is 1. The van der Waals surface area contributed by atoms with E-state index in [9.17, 15) is 9.59 Å². The molecule has 2 fully saturated rings. The number of methoxy groups -OCH3 is 1. The Morgan fingerprint density at radius 3 is 3.00 bits per heavy atom. The fraction of sp³-hybridized carbons (Fsp3) is 0.500. The fourth-order valence-electron chi connectivity index (χ4n) is 3.34. The van der Waals surface area contributed by atoms with E-state index in [0.29, 0.717) is 23.9 Å². The molecule has 23 heavy (non-hydrogen) atoms. The first-order chi connectivity index (χ1) is 11.0. The van der Waals surface area contributed by atoms with Gasteiger partial charge in [0.25, 0.3) is 0 Å². The third-order valence-electron chi connectivity index (χ3n) is 4.64. The highest BCUT2D eigenvalue weighted by Gasteiger charge is 2.41. The molecule has 2 heterocycles. The van der Waals surface area contributed by atoms with Gasteiger partial charge in [0.15, 0.2) is 0 Å². The molecule has 7 heteroatoms. The Balaban J connectivity index is 1.68. The van der Waals surface area contributed by atoms with Crippen molar-refractivity contribution in [1.82, 2.24) is 15.1 Å². The number of nitrogens with zero attached hydrogens (tertiary/aromatic N) is 2. The predicted octanol–water partition coefficient (Wildman–Crippen LogP) is 1.52. The van der Waals surface area contributed by atoms with E-state index in [2.05, 4.69) is 5.32 Å². The summed E-state index contributed by atoms with van der Waals surface area (Å²) in [5, 5.41) is 3.51. The summed E-state index contributed by atoms with van der Waals surface area (Å²) in [5.74, 6) is 0.680. The molecule has 3 amide bonds. The third kappa shape index (κ3) is 3.08. The minimum atomic E-state index is -0.0641. The third-order valence-corrected chi connectivity index (χ3v) is 4.87. The number of halogens is 1. The summed E-state index contributed by atoms with van der Waals surface area (Å²) in [6.45, 7) is 1.20. The SMILES string of the molecule is COc1ccc(Cl)cc1CC(=O)N1CC[C@H]2[C@@H](C1)NC(=O)N2C. The quantitative estimate of drug-likeness (QED) is 0.909. The number of amides is 3. The summed E-state index contributed by atoms with van der Waals surface area (Å²) < 4.78 is 5.29. The topological polar surface area (TPSA) is 61.9 Å². The molecule has 2 saturated heterocycles. The number of likely N-dealkylation sites (tertiary alicyclic amines) is 1. The number of hydrogen-bond acceptors (Lipinski definition) is 3. The van der Waals surface area contributed by atoms with Gasteiger partial charge in [-0.1, -0.05) is 11.6 Å². The van der Waals surface area contributed by atoms with E-state index < -0.39 is 0 Å². The number of carbonyl (C=O) groups excluding carboxylic acids is 2. The number of fused-ring (bicyclic) bond motifs is 1. The van der Waals surface area contributed by atoms with Crippen LogP contribution in [-0.2, 0) is 11.2 Å². The smallest absolute Gasteiger partial charge is 0.317 e. The number of hydrogen-bond donors (Lipinski definition) is 1. The molecule has 124 valence electrons. The summed E-state index contributed by atoms with van der Waals surface area (Å²) >= 11 is 6.01. The van der Waals surface area contributed by atoms with E-state index in [1.54, 1.807) is 42.2 Å². The highest BCUT2D eigenvalue weighted by atomic mass is 35.5. The van der Waals surface area contributed by atoms with Crippen LogP contribution >= 0.6 is 11.6 Å². The summed E-state index contributed by atoms with van der Waals surface area (Å²) in [4.78, 5) is 27.8. The number of urea groups is 1. The normalized spacial score (nSPS) is 23.5. The van der Waals surface area contributed by atoms with Crippen LogP contribution in [0.25, 0.3) is 0 Å². The van der Waals surface area contributed by atoms with Crippen molar-refractivity contribution in [3.8, 4) is 5.75 Å². The zero-order valence-electron chi connectivity index (χ0n) is 13.2. The number of carbonyl (C=O) groups is 2. The molecule has 0 radical (unpaired) electrons. The first-order valence-corrected chi connectivity index (χ1v) is 8.01. The van der Waals surface area contributed by atoms with Crippen molar-refractivity contribution >= 4 is 23.5 Å².